The second-order valence-electron chi connectivity index (χ2n) is 6.44. The molecule has 1 unspecified atom stereocenters. The van der Waals surface area contributed by atoms with Crippen molar-refractivity contribution in [3.05, 3.63) is 59.7 Å². The van der Waals surface area contributed by atoms with E-state index in [4.69, 9.17) is 0 Å². The first-order valence-electron chi connectivity index (χ1n) is 8.53. The molecule has 1 atom stereocenters. The van der Waals surface area contributed by atoms with Crippen LogP contribution in [-0.2, 0) is 22.2 Å². The van der Waals surface area contributed by atoms with Crippen LogP contribution in [-0.4, -0.2) is 41.3 Å². The van der Waals surface area contributed by atoms with Gasteiger partial charge in [0.05, 0.1) is 17.8 Å². The molecule has 0 radical (unpaired) electrons. The SMILES string of the molecule is CN(C(=O)Cc1cccc(C(F)(F)F)n1)C1CCN(c2ccccc2F)C1=O. The number of para-hydroxylation sites is 1. The molecule has 2 aromatic rings. The Labute approximate surface area is 158 Å². The van der Waals surface area contributed by atoms with Gasteiger partial charge in [0.2, 0.25) is 11.8 Å². The van der Waals surface area contributed by atoms with Gasteiger partial charge in [-0.25, -0.2) is 9.37 Å². The average Bonchev–Trinajstić information content (AvgIpc) is 3.02. The van der Waals surface area contributed by atoms with Gasteiger partial charge >= 0.3 is 6.18 Å². The van der Waals surface area contributed by atoms with Crippen LogP contribution in [0.1, 0.15) is 17.8 Å². The van der Waals surface area contributed by atoms with Crippen LogP contribution in [0.4, 0.5) is 23.2 Å². The van der Waals surface area contributed by atoms with Gasteiger partial charge in [-0.05, 0) is 30.7 Å². The summed E-state index contributed by atoms with van der Waals surface area (Å²) in [6.45, 7) is 0.240. The van der Waals surface area contributed by atoms with Gasteiger partial charge in [-0.3, -0.25) is 9.59 Å². The molecule has 0 bridgehead atoms. The lowest BCUT2D eigenvalue weighted by Crippen LogP contribution is -2.43. The summed E-state index contributed by atoms with van der Waals surface area (Å²) in [7, 11) is 1.41. The van der Waals surface area contributed by atoms with Gasteiger partial charge in [0.15, 0.2) is 0 Å². The number of hydrogen-bond acceptors (Lipinski definition) is 3. The minimum absolute atomic E-state index is 0.0388. The quantitative estimate of drug-likeness (QED) is 0.748. The number of alkyl halides is 3. The first-order chi connectivity index (χ1) is 13.2. The second-order valence-corrected chi connectivity index (χ2v) is 6.44. The molecular formula is C19H17F4N3O2. The molecule has 28 heavy (non-hydrogen) atoms. The first kappa shape index (κ1) is 19.8. The van der Waals surface area contributed by atoms with Gasteiger partial charge in [0, 0.05) is 13.6 Å². The van der Waals surface area contributed by atoms with E-state index in [2.05, 4.69) is 4.98 Å². The molecule has 1 fully saturated rings. The highest BCUT2D eigenvalue weighted by molar-refractivity contribution is 6.01. The van der Waals surface area contributed by atoms with Crippen molar-refractivity contribution < 1.29 is 27.2 Å². The van der Waals surface area contributed by atoms with Crippen molar-refractivity contribution in [3.63, 3.8) is 0 Å². The van der Waals surface area contributed by atoms with Crippen molar-refractivity contribution in [2.75, 3.05) is 18.5 Å². The van der Waals surface area contributed by atoms with E-state index < -0.39 is 35.5 Å². The van der Waals surface area contributed by atoms with Gasteiger partial charge < -0.3 is 9.80 Å². The summed E-state index contributed by atoms with van der Waals surface area (Å²) >= 11 is 0. The molecule has 3 rings (SSSR count). The smallest absolute Gasteiger partial charge is 0.333 e. The Balaban J connectivity index is 1.71. The molecule has 5 nitrogen and oxygen atoms in total. The molecule has 1 aromatic heterocycles. The van der Waals surface area contributed by atoms with E-state index in [1.807, 2.05) is 0 Å². The Hall–Kier alpha value is -2.97. The highest BCUT2D eigenvalue weighted by atomic mass is 19.4. The first-order valence-corrected chi connectivity index (χ1v) is 8.53. The molecule has 0 aliphatic carbocycles. The molecule has 1 aromatic carbocycles. The fourth-order valence-corrected chi connectivity index (χ4v) is 3.12. The zero-order chi connectivity index (χ0) is 20.5. The molecule has 2 heterocycles. The summed E-state index contributed by atoms with van der Waals surface area (Å²) in [6, 6.07) is 8.35. The Morgan fingerprint density at radius 3 is 2.61 bits per heavy atom. The zero-order valence-corrected chi connectivity index (χ0v) is 14.9. The molecule has 9 heteroatoms. The number of nitrogens with zero attached hydrogens (tertiary/aromatic N) is 3. The highest BCUT2D eigenvalue weighted by Gasteiger charge is 2.38. The topological polar surface area (TPSA) is 53.5 Å². The summed E-state index contributed by atoms with van der Waals surface area (Å²) in [5.74, 6) is -1.52. The lowest BCUT2D eigenvalue weighted by Gasteiger charge is -2.24. The molecule has 0 spiro atoms. The monoisotopic (exact) mass is 395 g/mol. The van der Waals surface area contributed by atoms with Crippen LogP contribution < -0.4 is 4.90 Å². The zero-order valence-electron chi connectivity index (χ0n) is 14.9. The third kappa shape index (κ3) is 3.97. The van der Waals surface area contributed by atoms with E-state index in [1.54, 1.807) is 6.07 Å². The van der Waals surface area contributed by atoms with Crippen LogP contribution in [0.2, 0.25) is 0 Å². The normalized spacial score (nSPS) is 17.1. The fraction of sp³-hybridized carbons (Fsp3) is 0.316. The van der Waals surface area contributed by atoms with Crippen molar-refractivity contribution >= 4 is 17.5 Å². The molecular weight excluding hydrogens is 378 g/mol. The Morgan fingerprint density at radius 2 is 1.93 bits per heavy atom. The highest BCUT2D eigenvalue weighted by Crippen LogP contribution is 2.28. The standard InChI is InChI=1S/C19H17F4N3O2/c1-25(17(27)11-12-5-4-8-16(24-12)19(21,22)23)15-9-10-26(18(15)28)14-7-3-2-6-13(14)20/h2-8,15H,9-11H2,1H3. The van der Waals surface area contributed by atoms with Crippen LogP contribution in [0.3, 0.4) is 0 Å². The number of rotatable bonds is 4. The summed E-state index contributed by atoms with van der Waals surface area (Å²) in [5, 5.41) is 0. The predicted octanol–water partition coefficient (Wildman–Crippen LogP) is 3.05. The number of likely N-dealkylation sites (N-methyl/N-ethyl adjacent to an activating group) is 1. The van der Waals surface area contributed by atoms with Gasteiger partial charge in [-0.15, -0.1) is 0 Å². The number of carbonyl (C=O) groups excluding carboxylic acids is 2. The van der Waals surface area contributed by atoms with E-state index in [9.17, 15) is 27.2 Å². The van der Waals surface area contributed by atoms with E-state index in [0.29, 0.717) is 6.42 Å². The van der Waals surface area contributed by atoms with Crippen LogP contribution >= 0.6 is 0 Å². The number of carbonyl (C=O) groups is 2. The van der Waals surface area contributed by atoms with Crippen LogP contribution in [0, 0.1) is 5.82 Å². The minimum Gasteiger partial charge on any atom is -0.333 e. The van der Waals surface area contributed by atoms with Crippen LogP contribution in [0.15, 0.2) is 42.5 Å². The molecule has 148 valence electrons. The van der Waals surface area contributed by atoms with E-state index >= 15 is 0 Å². The predicted molar refractivity (Wildman–Crippen MR) is 92.9 cm³/mol. The number of anilines is 1. The molecule has 1 saturated heterocycles. The third-order valence-electron chi connectivity index (χ3n) is 4.61. The van der Waals surface area contributed by atoms with E-state index in [0.717, 1.165) is 6.07 Å². The van der Waals surface area contributed by atoms with Crippen molar-refractivity contribution in [2.24, 2.45) is 0 Å². The second kappa shape index (κ2) is 7.57. The van der Waals surface area contributed by atoms with E-state index in [-0.39, 0.29) is 24.3 Å². The van der Waals surface area contributed by atoms with Crippen molar-refractivity contribution in [3.8, 4) is 0 Å². The largest absolute Gasteiger partial charge is 0.433 e. The van der Waals surface area contributed by atoms with Crippen molar-refractivity contribution in [2.45, 2.75) is 25.1 Å². The number of halogens is 4. The summed E-state index contributed by atoms with van der Waals surface area (Å²) in [4.78, 5) is 31.0. The summed E-state index contributed by atoms with van der Waals surface area (Å²) in [6.07, 6.45) is -4.68. The van der Waals surface area contributed by atoms with Crippen molar-refractivity contribution in [1.82, 2.24) is 9.88 Å². The Bertz CT molecular complexity index is 901. The number of benzene rings is 1. The molecule has 0 N–H and O–H groups in total. The number of amides is 2. The maximum Gasteiger partial charge on any atom is 0.433 e. The molecule has 1 aliphatic heterocycles. The maximum absolute atomic E-state index is 13.9. The van der Waals surface area contributed by atoms with Crippen molar-refractivity contribution in [1.29, 1.82) is 0 Å². The molecule has 2 amide bonds. The van der Waals surface area contributed by atoms with E-state index in [1.165, 1.54) is 47.2 Å². The molecule has 1 aliphatic rings. The van der Waals surface area contributed by atoms with Gasteiger partial charge in [-0.2, -0.15) is 13.2 Å². The Kier molecular flexibility index (Phi) is 5.35. The van der Waals surface area contributed by atoms with Crippen LogP contribution in [0.5, 0.6) is 0 Å². The number of pyridine rings is 1. The Morgan fingerprint density at radius 1 is 1.21 bits per heavy atom. The molecule has 0 saturated carbocycles. The van der Waals surface area contributed by atoms with Gasteiger partial charge in [0.25, 0.3) is 0 Å². The lowest BCUT2D eigenvalue weighted by atomic mass is 10.1. The lowest BCUT2D eigenvalue weighted by molar-refractivity contribution is -0.141. The number of hydrogen-bond donors (Lipinski definition) is 0. The summed E-state index contributed by atoms with van der Waals surface area (Å²) in [5.41, 5.74) is -0.985. The third-order valence-corrected chi connectivity index (χ3v) is 4.61. The number of aromatic nitrogens is 1. The van der Waals surface area contributed by atoms with Gasteiger partial charge in [0.1, 0.15) is 17.6 Å². The average molecular weight is 395 g/mol. The fourth-order valence-electron chi connectivity index (χ4n) is 3.12. The van der Waals surface area contributed by atoms with Gasteiger partial charge in [-0.1, -0.05) is 18.2 Å². The maximum atomic E-state index is 13.9. The minimum atomic E-state index is -4.60. The summed E-state index contributed by atoms with van der Waals surface area (Å²) < 4.78 is 52.2. The van der Waals surface area contributed by atoms with Crippen LogP contribution in [0.25, 0.3) is 0 Å².